The molecule has 5 heteroatoms. The molecule has 1 aromatic carbocycles. The lowest BCUT2D eigenvalue weighted by atomic mass is 10.1. The fourth-order valence-electron chi connectivity index (χ4n) is 2.03. The summed E-state index contributed by atoms with van der Waals surface area (Å²) in [6, 6.07) is 8.72. The largest absolute Gasteiger partial charge is 0.491 e. The molecule has 1 aliphatic rings. The molecule has 4 nitrogen and oxygen atoms in total. The first kappa shape index (κ1) is 11.9. The summed E-state index contributed by atoms with van der Waals surface area (Å²) < 4.78 is 5.47. The van der Waals surface area contributed by atoms with E-state index in [-0.39, 0.29) is 18.4 Å². The number of carbonyl (C=O) groups is 2. The predicted molar refractivity (Wildman–Crippen MR) is 71.6 cm³/mol. The molecule has 0 spiro atoms. The number of amides is 2. The fraction of sp³-hybridized carbons (Fsp3) is 0.143. The van der Waals surface area contributed by atoms with Gasteiger partial charge in [0, 0.05) is 5.38 Å². The van der Waals surface area contributed by atoms with Gasteiger partial charge in [-0.3, -0.25) is 14.5 Å². The van der Waals surface area contributed by atoms with Gasteiger partial charge in [0.25, 0.3) is 11.8 Å². The van der Waals surface area contributed by atoms with E-state index in [1.54, 1.807) is 35.6 Å². The Bertz CT molecular complexity index is 586. The number of thiophene rings is 1. The number of hydrogen-bond acceptors (Lipinski definition) is 4. The number of benzene rings is 1. The zero-order valence-electron chi connectivity index (χ0n) is 10.0. The summed E-state index contributed by atoms with van der Waals surface area (Å²) in [5, 5.41) is 3.79. The van der Waals surface area contributed by atoms with Gasteiger partial charge >= 0.3 is 0 Å². The summed E-state index contributed by atoms with van der Waals surface area (Å²) in [5.41, 5.74) is 0.950. The number of imide groups is 1. The molecule has 96 valence electrons. The van der Waals surface area contributed by atoms with Crippen molar-refractivity contribution in [1.82, 2.24) is 4.90 Å². The van der Waals surface area contributed by atoms with Crippen molar-refractivity contribution in [2.45, 2.75) is 0 Å². The maximum atomic E-state index is 12.1. The average molecular weight is 273 g/mol. The molecule has 0 aliphatic carbocycles. The van der Waals surface area contributed by atoms with Gasteiger partial charge in [0.15, 0.2) is 0 Å². The van der Waals surface area contributed by atoms with Gasteiger partial charge < -0.3 is 4.74 Å². The Labute approximate surface area is 114 Å². The fourth-order valence-corrected chi connectivity index (χ4v) is 2.60. The van der Waals surface area contributed by atoms with Crippen molar-refractivity contribution in [3.63, 3.8) is 0 Å². The SMILES string of the molecule is O=C1c2ccccc2C(=O)N1CCOc1ccsc1. The Morgan fingerprint density at radius 2 is 1.74 bits per heavy atom. The second-order valence-electron chi connectivity index (χ2n) is 4.12. The Balaban J connectivity index is 1.67. The Kier molecular flexibility index (Phi) is 3.05. The van der Waals surface area contributed by atoms with E-state index in [1.807, 2.05) is 16.8 Å². The van der Waals surface area contributed by atoms with Gasteiger partial charge in [-0.25, -0.2) is 0 Å². The van der Waals surface area contributed by atoms with E-state index in [2.05, 4.69) is 0 Å². The number of ether oxygens (including phenoxy) is 1. The molecule has 2 heterocycles. The summed E-state index contributed by atoms with van der Waals surface area (Å²) in [4.78, 5) is 25.3. The van der Waals surface area contributed by atoms with Crippen LogP contribution >= 0.6 is 11.3 Å². The first-order chi connectivity index (χ1) is 9.27. The summed E-state index contributed by atoms with van der Waals surface area (Å²) in [5.74, 6) is 0.283. The van der Waals surface area contributed by atoms with E-state index in [9.17, 15) is 9.59 Å². The van der Waals surface area contributed by atoms with Gasteiger partial charge in [0.1, 0.15) is 12.4 Å². The number of rotatable bonds is 4. The Morgan fingerprint density at radius 1 is 1.05 bits per heavy atom. The zero-order valence-corrected chi connectivity index (χ0v) is 10.9. The van der Waals surface area contributed by atoms with Crippen molar-refractivity contribution in [2.75, 3.05) is 13.2 Å². The van der Waals surface area contributed by atoms with Gasteiger partial charge in [-0.2, -0.15) is 0 Å². The van der Waals surface area contributed by atoms with Gasteiger partial charge in [-0.05, 0) is 23.6 Å². The molecule has 0 saturated heterocycles. The third-order valence-corrected chi connectivity index (χ3v) is 3.62. The van der Waals surface area contributed by atoms with Crippen molar-refractivity contribution >= 4 is 23.2 Å². The van der Waals surface area contributed by atoms with E-state index < -0.39 is 0 Å². The normalized spacial score (nSPS) is 13.8. The molecule has 0 unspecified atom stereocenters. The predicted octanol–water partition coefficient (Wildman–Crippen LogP) is 2.42. The van der Waals surface area contributed by atoms with Crippen molar-refractivity contribution in [3.05, 3.63) is 52.2 Å². The van der Waals surface area contributed by atoms with Crippen LogP contribution in [0.25, 0.3) is 0 Å². The van der Waals surface area contributed by atoms with Crippen molar-refractivity contribution in [1.29, 1.82) is 0 Å². The van der Waals surface area contributed by atoms with Crippen molar-refractivity contribution < 1.29 is 14.3 Å². The first-order valence-electron chi connectivity index (χ1n) is 5.87. The summed E-state index contributed by atoms with van der Waals surface area (Å²) >= 11 is 1.54. The van der Waals surface area contributed by atoms with Gasteiger partial charge in [-0.15, -0.1) is 11.3 Å². The molecule has 0 radical (unpaired) electrons. The highest BCUT2D eigenvalue weighted by molar-refractivity contribution is 7.08. The molecule has 2 amide bonds. The summed E-state index contributed by atoms with van der Waals surface area (Å²) in [7, 11) is 0. The van der Waals surface area contributed by atoms with Crippen LogP contribution in [0.15, 0.2) is 41.1 Å². The molecule has 0 fully saturated rings. The van der Waals surface area contributed by atoms with Crippen LogP contribution in [0.5, 0.6) is 5.75 Å². The number of nitrogens with zero attached hydrogens (tertiary/aromatic N) is 1. The summed E-state index contributed by atoms with van der Waals surface area (Å²) in [6.07, 6.45) is 0. The summed E-state index contributed by atoms with van der Waals surface area (Å²) in [6.45, 7) is 0.574. The van der Waals surface area contributed by atoms with E-state index >= 15 is 0 Å². The van der Waals surface area contributed by atoms with Crippen LogP contribution in [0.3, 0.4) is 0 Å². The molecule has 2 aromatic rings. The molecule has 19 heavy (non-hydrogen) atoms. The minimum Gasteiger partial charge on any atom is -0.491 e. The molecular formula is C14H11NO3S. The quantitative estimate of drug-likeness (QED) is 0.804. The van der Waals surface area contributed by atoms with Crippen LogP contribution in [0.1, 0.15) is 20.7 Å². The van der Waals surface area contributed by atoms with Crippen LogP contribution in [-0.2, 0) is 0 Å². The average Bonchev–Trinajstić information content (AvgIpc) is 3.02. The molecule has 0 saturated carbocycles. The van der Waals surface area contributed by atoms with Crippen LogP contribution in [-0.4, -0.2) is 29.9 Å². The lowest BCUT2D eigenvalue weighted by Crippen LogP contribution is -2.33. The highest BCUT2D eigenvalue weighted by Gasteiger charge is 2.34. The van der Waals surface area contributed by atoms with Crippen LogP contribution in [0.4, 0.5) is 0 Å². The van der Waals surface area contributed by atoms with E-state index in [0.29, 0.717) is 17.7 Å². The monoisotopic (exact) mass is 273 g/mol. The van der Waals surface area contributed by atoms with Crippen LogP contribution in [0.2, 0.25) is 0 Å². The molecule has 0 N–H and O–H groups in total. The maximum absolute atomic E-state index is 12.1. The lowest BCUT2D eigenvalue weighted by Gasteiger charge is -2.13. The van der Waals surface area contributed by atoms with Gasteiger partial charge in [0.2, 0.25) is 0 Å². The second-order valence-corrected chi connectivity index (χ2v) is 4.90. The molecule has 1 aliphatic heterocycles. The molecule has 0 atom stereocenters. The van der Waals surface area contributed by atoms with E-state index in [4.69, 9.17) is 4.74 Å². The van der Waals surface area contributed by atoms with E-state index in [1.165, 1.54) is 4.90 Å². The molecule has 3 rings (SSSR count). The van der Waals surface area contributed by atoms with Crippen molar-refractivity contribution in [3.8, 4) is 5.75 Å². The van der Waals surface area contributed by atoms with Crippen LogP contribution in [0, 0.1) is 0 Å². The zero-order chi connectivity index (χ0) is 13.2. The minimum atomic E-state index is -0.241. The standard InChI is InChI=1S/C14H11NO3S/c16-13-11-3-1-2-4-12(11)14(17)15(13)6-7-18-10-5-8-19-9-10/h1-5,8-9H,6-7H2. The molecule has 1 aromatic heterocycles. The molecule has 0 bridgehead atoms. The first-order valence-corrected chi connectivity index (χ1v) is 6.82. The minimum absolute atomic E-state index is 0.241. The number of carbonyl (C=O) groups excluding carboxylic acids is 2. The lowest BCUT2D eigenvalue weighted by molar-refractivity contribution is 0.0631. The number of hydrogen-bond donors (Lipinski definition) is 0. The topological polar surface area (TPSA) is 46.6 Å². The Hall–Kier alpha value is -2.14. The maximum Gasteiger partial charge on any atom is 0.261 e. The van der Waals surface area contributed by atoms with Gasteiger partial charge in [0.05, 0.1) is 17.7 Å². The van der Waals surface area contributed by atoms with Crippen LogP contribution < -0.4 is 4.74 Å². The molecular weight excluding hydrogens is 262 g/mol. The van der Waals surface area contributed by atoms with Gasteiger partial charge in [-0.1, -0.05) is 12.1 Å². The van der Waals surface area contributed by atoms with Crippen molar-refractivity contribution in [2.24, 2.45) is 0 Å². The highest BCUT2D eigenvalue weighted by atomic mass is 32.1. The third-order valence-electron chi connectivity index (χ3n) is 2.96. The Morgan fingerprint density at radius 3 is 2.32 bits per heavy atom. The second kappa shape index (κ2) is 4.85. The highest BCUT2D eigenvalue weighted by Crippen LogP contribution is 2.22. The van der Waals surface area contributed by atoms with E-state index in [0.717, 1.165) is 5.75 Å². The number of fused-ring (bicyclic) bond motifs is 1. The smallest absolute Gasteiger partial charge is 0.261 e. The third kappa shape index (κ3) is 2.13.